The third-order valence-electron chi connectivity index (χ3n) is 1.77. The third-order valence-corrected chi connectivity index (χ3v) is 1.77. The molecule has 0 aliphatic carbocycles. The highest BCUT2D eigenvalue weighted by molar-refractivity contribution is 5.81. The zero-order chi connectivity index (χ0) is 10.4. The van der Waals surface area contributed by atoms with Gasteiger partial charge >= 0.3 is 5.97 Å². The molecule has 0 bridgehead atoms. The Bertz CT molecular complexity index is 282. The molecule has 14 heavy (non-hydrogen) atoms. The van der Waals surface area contributed by atoms with E-state index in [0.29, 0.717) is 6.61 Å². The van der Waals surface area contributed by atoms with Crippen LogP contribution in [0.2, 0.25) is 0 Å². The molecule has 1 aromatic rings. The lowest BCUT2D eigenvalue weighted by molar-refractivity contribution is -0.144. The third kappa shape index (κ3) is 3.18. The van der Waals surface area contributed by atoms with Gasteiger partial charge in [0.25, 0.3) is 0 Å². The smallest absolute Gasteiger partial charge is 0.341 e. The quantitative estimate of drug-likeness (QED) is 0.685. The fraction of sp³-hybridized carbons (Fsp3) is 0.273. The number of esters is 1. The molecule has 0 heterocycles. The summed E-state index contributed by atoms with van der Waals surface area (Å²) in [6.45, 7) is 1.98. The Kier molecular flexibility index (Phi) is 4.13. The number of carbonyl (C=O) groups is 1. The van der Waals surface area contributed by atoms with Crippen LogP contribution >= 0.6 is 0 Å². The maximum absolute atomic E-state index is 10.9. The van der Waals surface area contributed by atoms with Crippen LogP contribution in [0, 0.1) is 6.10 Å². The predicted molar refractivity (Wildman–Crippen MR) is 52.2 cm³/mol. The number of rotatable bonds is 4. The molecule has 0 unspecified atom stereocenters. The summed E-state index contributed by atoms with van der Waals surface area (Å²) in [7, 11) is 1.33. The number of hydrogen-bond acceptors (Lipinski definition) is 3. The predicted octanol–water partition coefficient (Wildman–Crippen LogP) is 1.93. The van der Waals surface area contributed by atoms with Gasteiger partial charge in [0.2, 0.25) is 6.10 Å². The van der Waals surface area contributed by atoms with Crippen molar-refractivity contribution in [2.24, 2.45) is 0 Å². The highest BCUT2D eigenvalue weighted by Gasteiger charge is 2.14. The summed E-state index contributed by atoms with van der Waals surface area (Å²) in [6.07, 6.45) is 0.274. The fourth-order valence-electron chi connectivity index (χ4n) is 0.968. The van der Waals surface area contributed by atoms with Gasteiger partial charge in [0.1, 0.15) is 0 Å². The van der Waals surface area contributed by atoms with Gasteiger partial charge in [-0.2, -0.15) is 0 Å². The molecule has 1 rings (SSSR count). The average Bonchev–Trinajstić information content (AvgIpc) is 2.26. The van der Waals surface area contributed by atoms with E-state index in [1.54, 1.807) is 6.92 Å². The van der Waals surface area contributed by atoms with E-state index >= 15 is 0 Å². The van der Waals surface area contributed by atoms with Crippen LogP contribution in [0.15, 0.2) is 30.3 Å². The van der Waals surface area contributed by atoms with Crippen LogP contribution in [-0.4, -0.2) is 13.1 Å². The fourth-order valence-corrected chi connectivity index (χ4v) is 0.968. The molecule has 1 radical (unpaired) electrons. The Hall–Kier alpha value is -1.35. The number of ether oxygens (including phenoxy) is 2. The van der Waals surface area contributed by atoms with Crippen LogP contribution in [0.25, 0.3) is 0 Å². The lowest BCUT2D eigenvalue weighted by atomic mass is 10.2. The molecule has 0 aromatic heterocycles. The monoisotopic (exact) mass is 193 g/mol. The van der Waals surface area contributed by atoms with E-state index in [1.165, 1.54) is 7.11 Å². The van der Waals surface area contributed by atoms with E-state index in [4.69, 9.17) is 4.74 Å². The number of methoxy groups -OCH3 is 1. The average molecular weight is 193 g/mol. The summed E-state index contributed by atoms with van der Waals surface area (Å²) >= 11 is 0. The minimum atomic E-state index is -0.430. The first-order valence-corrected chi connectivity index (χ1v) is 4.32. The second-order valence-electron chi connectivity index (χ2n) is 2.82. The standard InChI is InChI=1S/C11H13O3/c1-9(11(12)13-2)14-8-10-6-4-3-5-7-10/h3-7H,8H2,1-2H3. The van der Waals surface area contributed by atoms with Crippen LogP contribution in [0.1, 0.15) is 12.5 Å². The van der Waals surface area contributed by atoms with Crippen LogP contribution in [0.5, 0.6) is 0 Å². The topological polar surface area (TPSA) is 35.5 Å². The second kappa shape index (κ2) is 5.40. The zero-order valence-electron chi connectivity index (χ0n) is 8.32. The molecule has 3 nitrogen and oxygen atoms in total. The summed E-state index contributed by atoms with van der Waals surface area (Å²) in [6, 6.07) is 9.65. The van der Waals surface area contributed by atoms with Gasteiger partial charge in [-0.3, -0.25) is 0 Å². The largest absolute Gasteiger partial charge is 0.467 e. The Morgan fingerprint density at radius 2 is 1.93 bits per heavy atom. The van der Waals surface area contributed by atoms with Crippen molar-refractivity contribution in [3.63, 3.8) is 0 Å². The Balaban J connectivity index is 2.38. The first-order valence-electron chi connectivity index (χ1n) is 4.32. The van der Waals surface area contributed by atoms with Crippen molar-refractivity contribution in [3.05, 3.63) is 42.0 Å². The highest BCUT2D eigenvalue weighted by Crippen LogP contribution is 2.08. The van der Waals surface area contributed by atoms with Gasteiger partial charge < -0.3 is 9.47 Å². The zero-order valence-corrected chi connectivity index (χ0v) is 8.32. The van der Waals surface area contributed by atoms with Gasteiger partial charge in [0.05, 0.1) is 13.7 Å². The lowest BCUT2D eigenvalue weighted by Crippen LogP contribution is -2.13. The van der Waals surface area contributed by atoms with Crippen LogP contribution in [0.3, 0.4) is 0 Å². The molecule has 0 atom stereocenters. The summed E-state index contributed by atoms with van der Waals surface area (Å²) in [5.74, 6) is -0.430. The Morgan fingerprint density at radius 3 is 2.50 bits per heavy atom. The normalized spacial score (nSPS) is 10.2. The minimum Gasteiger partial charge on any atom is -0.467 e. The van der Waals surface area contributed by atoms with Crippen molar-refractivity contribution in [3.8, 4) is 0 Å². The van der Waals surface area contributed by atoms with Gasteiger partial charge in [-0.25, -0.2) is 4.79 Å². The summed E-state index contributed by atoms with van der Waals surface area (Å²) in [4.78, 5) is 10.9. The van der Waals surface area contributed by atoms with Crippen molar-refractivity contribution in [1.82, 2.24) is 0 Å². The molecule has 0 N–H and O–H groups in total. The second-order valence-corrected chi connectivity index (χ2v) is 2.82. The molecule has 75 valence electrons. The maximum Gasteiger partial charge on any atom is 0.341 e. The van der Waals surface area contributed by atoms with Crippen LogP contribution in [-0.2, 0) is 20.9 Å². The molecule has 0 aliphatic rings. The molecule has 0 spiro atoms. The van der Waals surface area contributed by atoms with E-state index in [2.05, 4.69) is 4.74 Å². The number of carbonyl (C=O) groups excluding carboxylic acids is 1. The van der Waals surface area contributed by atoms with Crippen molar-refractivity contribution < 1.29 is 14.3 Å². The first-order chi connectivity index (χ1) is 6.74. The molecular weight excluding hydrogens is 180 g/mol. The van der Waals surface area contributed by atoms with E-state index in [1.807, 2.05) is 30.3 Å². The molecule has 0 saturated carbocycles. The SMILES string of the molecule is COC(=O)[C](C)OCc1ccccc1. The van der Waals surface area contributed by atoms with Gasteiger partial charge in [-0.15, -0.1) is 0 Å². The van der Waals surface area contributed by atoms with Gasteiger partial charge in [-0.1, -0.05) is 30.3 Å². The van der Waals surface area contributed by atoms with Crippen molar-refractivity contribution >= 4 is 5.97 Å². The van der Waals surface area contributed by atoms with Crippen LogP contribution in [0.4, 0.5) is 0 Å². The van der Waals surface area contributed by atoms with Crippen LogP contribution < -0.4 is 0 Å². The number of hydrogen-bond donors (Lipinski definition) is 0. The molecule has 0 amide bonds. The van der Waals surface area contributed by atoms with E-state index in [-0.39, 0.29) is 6.10 Å². The summed E-state index contributed by atoms with van der Waals surface area (Å²) < 4.78 is 9.72. The van der Waals surface area contributed by atoms with Gasteiger partial charge in [-0.05, 0) is 12.5 Å². The maximum atomic E-state index is 10.9. The van der Waals surface area contributed by atoms with E-state index in [9.17, 15) is 4.79 Å². The Labute approximate surface area is 83.6 Å². The Morgan fingerprint density at radius 1 is 1.29 bits per heavy atom. The highest BCUT2D eigenvalue weighted by atomic mass is 16.6. The molecular formula is C11H13O3. The van der Waals surface area contributed by atoms with Gasteiger partial charge in [0.15, 0.2) is 0 Å². The molecule has 0 saturated heterocycles. The van der Waals surface area contributed by atoms with Gasteiger partial charge in [0, 0.05) is 0 Å². The number of benzene rings is 1. The van der Waals surface area contributed by atoms with E-state index in [0.717, 1.165) is 5.56 Å². The lowest BCUT2D eigenvalue weighted by Gasteiger charge is -2.08. The van der Waals surface area contributed by atoms with Crippen molar-refractivity contribution in [1.29, 1.82) is 0 Å². The molecule has 0 fully saturated rings. The molecule has 0 aliphatic heterocycles. The molecule has 3 heteroatoms. The minimum absolute atomic E-state index is 0.274. The molecule has 1 aromatic carbocycles. The van der Waals surface area contributed by atoms with Crippen molar-refractivity contribution in [2.75, 3.05) is 7.11 Å². The first kappa shape index (κ1) is 10.7. The van der Waals surface area contributed by atoms with E-state index < -0.39 is 5.97 Å². The summed E-state index contributed by atoms with van der Waals surface area (Å²) in [5, 5.41) is 0. The summed E-state index contributed by atoms with van der Waals surface area (Å²) in [5.41, 5.74) is 1.02. The van der Waals surface area contributed by atoms with Crippen molar-refractivity contribution in [2.45, 2.75) is 13.5 Å².